The summed E-state index contributed by atoms with van der Waals surface area (Å²) in [5, 5.41) is 3.75. The number of ether oxygens (including phenoxy) is 1. The minimum absolute atomic E-state index is 0. The average molecular weight is 333 g/mol. The van der Waals surface area contributed by atoms with Crippen molar-refractivity contribution in [1.82, 2.24) is 10.2 Å². The van der Waals surface area contributed by atoms with Crippen LogP contribution in [0.4, 0.5) is 0 Å². The van der Waals surface area contributed by atoms with Crippen molar-refractivity contribution >= 4 is 29.9 Å². The molecule has 0 radical (unpaired) electrons. The van der Waals surface area contributed by atoms with Gasteiger partial charge in [-0.3, -0.25) is 4.79 Å². The zero-order valence-corrected chi connectivity index (χ0v) is 13.9. The van der Waals surface area contributed by atoms with Gasteiger partial charge in [-0.15, -0.1) is 12.4 Å². The molecule has 1 heterocycles. The van der Waals surface area contributed by atoms with Crippen molar-refractivity contribution in [3.8, 4) is 0 Å². The van der Waals surface area contributed by atoms with E-state index < -0.39 is 0 Å². The molecule has 2 unspecified atom stereocenters. The minimum Gasteiger partial charge on any atom is -0.370 e. The van der Waals surface area contributed by atoms with Gasteiger partial charge in [0.15, 0.2) is 0 Å². The van der Waals surface area contributed by atoms with Crippen LogP contribution < -0.4 is 5.32 Å². The van der Waals surface area contributed by atoms with Gasteiger partial charge < -0.3 is 15.0 Å². The zero-order chi connectivity index (χ0) is 14.5. The smallest absolute Gasteiger partial charge is 0.226 e. The van der Waals surface area contributed by atoms with Crippen molar-refractivity contribution in [1.29, 1.82) is 0 Å². The highest BCUT2D eigenvalue weighted by molar-refractivity contribution is 6.30. The van der Waals surface area contributed by atoms with Crippen molar-refractivity contribution in [3.63, 3.8) is 0 Å². The number of nitrogens with one attached hydrogen (secondary N) is 1. The van der Waals surface area contributed by atoms with E-state index >= 15 is 0 Å². The normalized spacial score (nSPS) is 19.8. The number of hydrogen-bond donors (Lipinski definition) is 1. The maximum absolute atomic E-state index is 12.3. The van der Waals surface area contributed by atoms with E-state index in [1.807, 2.05) is 43.1 Å². The fraction of sp³-hybridized carbons (Fsp3) is 0.533. The lowest BCUT2D eigenvalue weighted by molar-refractivity contribution is -0.142. The predicted octanol–water partition coefficient (Wildman–Crippen LogP) is 2.52. The molecule has 1 saturated heterocycles. The van der Waals surface area contributed by atoms with Gasteiger partial charge in [-0.25, -0.2) is 0 Å². The molecule has 0 spiro atoms. The SMILES string of the molecule is CNCC(C)C(=O)N1CCOC(c2ccc(Cl)cc2)C1.Cl. The largest absolute Gasteiger partial charge is 0.370 e. The molecular weight excluding hydrogens is 311 g/mol. The molecule has 0 bridgehead atoms. The molecule has 2 atom stereocenters. The maximum Gasteiger partial charge on any atom is 0.226 e. The minimum atomic E-state index is -0.0632. The number of carbonyl (C=O) groups is 1. The quantitative estimate of drug-likeness (QED) is 0.921. The highest BCUT2D eigenvalue weighted by Gasteiger charge is 2.27. The van der Waals surface area contributed by atoms with E-state index in [2.05, 4.69) is 5.32 Å². The van der Waals surface area contributed by atoms with Crippen LogP contribution in [0, 0.1) is 5.92 Å². The van der Waals surface area contributed by atoms with E-state index in [4.69, 9.17) is 16.3 Å². The first-order valence-corrected chi connectivity index (χ1v) is 7.30. The zero-order valence-electron chi connectivity index (χ0n) is 12.3. The van der Waals surface area contributed by atoms with E-state index in [0.29, 0.717) is 31.3 Å². The molecule has 0 aliphatic carbocycles. The molecule has 1 amide bonds. The van der Waals surface area contributed by atoms with Gasteiger partial charge >= 0.3 is 0 Å². The summed E-state index contributed by atoms with van der Waals surface area (Å²) in [6, 6.07) is 7.62. The Hall–Kier alpha value is -0.810. The topological polar surface area (TPSA) is 41.6 Å². The van der Waals surface area contributed by atoms with Crippen LogP contribution in [-0.4, -0.2) is 44.1 Å². The molecule has 0 aromatic heterocycles. The summed E-state index contributed by atoms with van der Waals surface area (Å²) in [5.41, 5.74) is 1.06. The average Bonchev–Trinajstić information content (AvgIpc) is 2.47. The van der Waals surface area contributed by atoms with Crippen LogP contribution in [-0.2, 0) is 9.53 Å². The molecule has 1 aromatic rings. The molecule has 4 nitrogen and oxygen atoms in total. The Bertz CT molecular complexity index is 453. The Kier molecular flexibility index (Phi) is 7.46. The van der Waals surface area contributed by atoms with Crippen LogP contribution >= 0.6 is 24.0 Å². The molecule has 118 valence electrons. The number of halogens is 2. The summed E-state index contributed by atoms with van der Waals surface area (Å²) >= 11 is 5.89. The van der Waals surface area contributed by atoms with E-state index in [9.17, 15) is 4.79 Å². The van der Waals surface area contributed by atoms with Gasteiger partial charge in [0.05, 0.1) is 13.2 Å². The van der Waals surface area contributed by atoms with Crippen molar-refractivity contribution in [2.75, 3.05) is 33.3 Å². The summed E-state index contributed by atoms with van der Waals surface area (Å²) in [4.78, 5) is 14.2. The van der Waals surface area contributed by atoms with Crippen molar-refractivity contribution in [2.24, 2.45) is 5.92 Å². The van der Waals surface area contributed by atoms with Crippen molar-refractivity contribution in [2.45, 2.75) is 13.0 Å². The second-order valence-electron chi connectivity index (χ2n) is 5.15. The fourth-order valence-corrected chi connectivity index (χ4v) is 2.56. The summed E-state index contributed by atoms with van der Waals surface area (Å²) in [6.07, 6.45) is -0.0632. The van der Waals surface area contributed by atoms with Gasteiger partial charge in [0.2, 0.25) is 5.91 Å². The second kappa shape index (κ2) is 8.59. The third kappa shape index (κ3) is 4.85. The van der Waals surface area contributed by atoms with Gasteiger partial charge in [0, 0.05) is 24.0 Å². The first-order valence-electron chi connectivity index (χ1n) is 6.92. The lowest BCUT2D eigenvalue weighted by Crippen LogP contribution is -2.46. The van der Waals surface area contributed by atoms with Crippen LogP contribution in [0.25, 0.3) is 0 Å². The summed E-state index contributed by atoms with van der Waals surface area (Å²) in [7, 11) is 1.86. The second-order valence-corrected chi connectivity index (χ2v) is 5.59. The molecule has 1 N–H and O–H groups in total. The third-order valence-corrected chi connectivity index (χ3v) is 3.80. The molecule has 1 aliphatic heterocycles. The highest BCUT2D eigenvalue weighted by Crippen LogP contribution is 2.24. The number of morpholine rings is 1. The van der Waals surface area contributed by atoms with E-state index in [1.165, 1.54) is 0 Å². The Balaban J connectivity index is 0.00000220. The van der Waals surface area contributed by atoms with Crippen LogP contribution in [0.3, 0.4) is 0 Å². The van der Waals surface area contributed by atoms with Gasteiger partial charge in [-0.05, 0) is 24.7 Å². The molecule has 6 heteroatoms. The van der Waals surface area contributed by atoms with Crippen LogP contribution in [0.1, 0.15) is 18.6 Å². The van der Waals surface area contributed by atoms with E-state index in [-0.39, 0.29) is 30.3 Å². The van der Waals surface area contributed by atoms with Crippen LogP contribution in [0.5, 0.6) is 0 Å². The predicted molar refractivity (Wildman–Crippen MR) is 87.1 cm³/mol. The Morgan fingerprint density at radius 2 is 2.14 bits per heavy atom. The lowest BCUT2D eigenvalue weighted by atomic mass is 10.1. The molecule has 2 rings (SSSR count). The molecular formula is C15H22Cl2N2O2. The Morgan fingerprint density at radius 1 is 1.48 bits per heavy atom. The molecule has 1 aromatic carbocycles. The highest BCUT2D eigenvalue weighted by atomic mass is 35.5. The van der Waals surface area contributed by atoms with Gasteiger partial charge in [0.25, 0.3) is 0 Å². The Morgan fingerprint density at radius 3 is 2.76 bits per heavy atom. The van der Waals surface area contributed by atoms with Crippen LogP contribution in [0.15, 0.2) is 24.3 Å². The number of hydrogen-bond acceptors (Lipinski definition) is 3. The number of amides is 1. The molecule has 0 saturated carbocycles. The summed E-state index contributed by atoms with van der Waals surface area (Å²) < 4.78 is 5.77. The van der Waals surface area contributed by atoms with E-state index in [1.54, 1.807) is 0 Å². The standard InChI is InChI=1S/C15H21ClN2O2.ClH/c1-11(9-17-2)15(19)18-7-8-20-14(10-18)12-3-5-13(16)6-4-12;/h3-6,11,14,17H,7-10H2,1-2H3;1H. The molecule has 1 aliphatic rings. The first-order chi connectivity index (χ1) is 9.61. The van der Waals surface area contributed by atoms with Crippen LogP contribution in [0.2, 0.25) is 5.02 Å². The van der Waals surface area contributed by atoms with Gasteiger partial charge in [0.1, 0.15) is 6.10 Å². The lowest BCUT2D eigenvalue weighted by Gasteiger charge is -2.34. The van der Waals surface area contributed by atoms with Gasteiger partial charge in [-0.1, -0.05) is 30.7 Å². The maximum atomic E-state index is 12.3. The third-order valence-electron chi connectivity index (χ3n) is 3.55. The molecule has 1 fully saturated rings. The van der Waals surface area contributed by atoms with Crippen molar-refractivity contribution in [3.05, 3.63) is 34.9 Å². The number of rotatable bonds is 4. The number of carbonyl (C=O) groups excluding carboxylic acids is 1. The summed E-state index contributed by atoms with van der Waals surface area (Å²) in [5.74, 6) is 0.172. The van der Waals surface area contributed by atoms with E-state index in [0.717, 1.165) is 5.56 Å². The monoisotopic (exact) mass is 332 g/mol. The Labute approximate surface area is 137 Å². The fourth-order valence-electron chi connectivity index (χ4n) is 2.43. The number of nitrogens with zero attached hydrogens (tertiary/aromatic N) is 1. The molecule has 21 heavy (non-hydrogen) atoms. The van der Waals surface area contributed by atoms with Gasteiger partial charge in [-0.2, -0.15) is 0 Å². The van der Waals surface area contributed by atoms with Crippen molar-refractivity contribution < 1.29 is 9.53 Å². The summed E-state index contributed by atoms with van der Waals surface area (Å²) in [6.45, 7) is 4.49. The first kappa shape index (κ1) is 18.2. The number of benzene rings is 1.